The number of phenols is 1. The SMILES string of the molecule is NC(=O)C1=C(O)[C@@]2(O)C(=O)C3=C(O)c4c(O)c(N=O)cc(F)c4CC3C[C@H]2CC1=O. The van der Waals surface area contributed by atoms with Crippen LogP contribution in [-0.2, 0) is 20.8 Å². The maximum absolute atomic E-state index is 14.5. The fraction of sp³-hybridized carbons (Fsp3) is 0.316. The van der Waals surface area contributed by atoms with Gasteiger partial charge in [0.2, 0.25) is 5.78 Å². The summed E-state index contributed by atoms with van der Waals surface area (Å²) in [5, 5.41) is 44.8. The second-order valence-electron chi connectivity index (χ2n) is 7.58. The summed E-state index contributed by atoms with van der Waals surface area (Å²) < 4.78 is 14.5. The molecule has 0 heterocycles. The van der Waals surface area contributed by atoms with Crippen molar-refractivity contribution < 1.29 is 39.2 Å². The molecule has 1 aromatic carbocycles. The number of Topliss-reactive ketones (excluding diaryl/α,β-unsaturated/α-hetero) is 2. The van der Waals surface area contributed by atoms with Gasteiger partial charge in [-0.1, -0.05) is 0 Å². The minimum Gasteiger partial charge on any atom is -0.508 e. The lowest BCUT2D eigenvalue weighted by atomic mass is 9.59. The van der Waals surface area contributed by atoms with E-state index in [1.54, 1.807) is 0 Å². The van der Waals surface area contributed by atoms with Crippen molar-refractivity contribution in [3.8, 4) is 5.75 Å². The Balaban J connectivity index is 1.97. The number of nitroso groups, excluding NO2 is 1. The summed E-state index contributed by atoms with van der Waals surface area (Å²) in [6.45, 7) is 0. The Morgan fingerprint density at radius 3 is 2.50 bits per heavy atom. The Morgan fingerprint density at radius 1 is 1.23 bits per heavy atom. The average molecular weight is 418 g/mol. The van der Waals surface area contributed by atoms with Crippen LogP contribution in [0.3, 0.4) is 0 Å². The Morgan fingerprint density at radius 2 is 1.90 bits per heavy atom. The topological polar surface area (TPSA) is 188 Å². The largest absolute Gasteiger partial charge is 0.508 e. The van der Waals surface area contributed by atoms with E-state index in [4.69, 9.17) is 5.73 Å². The molecule has 3 atom stereocenters. The number of carbonyl (C=O) groups excluding carboxylic acids is 3. The number of aliphatic hydroxyl groups is 3. The number of ketones is 2. The van der Waals surface area contributed by atoms with Crippen molar-refractivity contribution in [2.75, 3.05) is 0 Å². The normalized spacial score (nSPS) is 28.1. The molecular weight excluding hydrogens is 403 g/mol. The van der Waals surface area contributed by atoms with E-state index in [0.717, 1.165) is 0 Å². The van der Waals surface area contributed by atoms with E-state index in [0.29, 0.717) is 6.07 Å². The van der Waals surface area contributed by atoms with Crippen molar-refractivity contribution in [1.29, 1.82) is 0 Å². The zero-order valence-corrected chi connectivity index (χ0v) is 15.2. The van der Waals surface area contributed by atoms with Gasteiger partial charge in [-0.3, -0.25) is 14.4 Å². The van der Waals surface area contributed by atoms with E-state index in [2.05, 4.69) is 5.18 Å². The van der Waals surface area contributed by atoms with Crippen LogP contribution in [-0.4, -0.2) is 43.5 Å². The van der Waals surface area contributed by atoms with Crippen LogP contribution < -0.4 is 5.73 Å². The molecule has 156 valence electrons. The molecule has 0 spiro atoms. The highest BCUT2D eigenvalue weighted by atomic mass is 19.1. The molecule has 4 rings (SSSR count). The predicted octanol–water partition coefficient (Wildman–Crippen LogP) is 0.961. The number of aliphatic hydroxyl groups excluding tert-OH is 2. The monoisotopic (exact) mass is 418 g/mol. The predicted molar refractivity (Wildman–Crippen MR) is 96.8 cm³/mol. The Labute approximate surface area is 167 Å². The number of carbonyl (C=O) groups is 3. The van der Waals surface area contributed by atoms with Gasteiger partial charge in [0.25, 0.3) is 5.91 Å². The fourth-order valence-corrected chi connectivity index (χ4v) is 4.70. The number of primary amides is 1. The Hall–Kier alpha value is -3.60. The van der Waals surface area contributed by atoms with E-state index < -0.39 is 86.8 Å². The third kappa shape index (κ3) is 2.29. The lowest BCUT2D eigenvalue weighted by Crippen LogP contribution is -2.58. The number of aromatic hydroxyl groups is 1. The van der Waals surface area contributed by atoms with E-state index in [-0.39, 0.29) is 18.4 Å². The quantitative estimate of drug-likeness (QED) is 0.347. The van der Waals surface area contributed by atoms with Crippen molar-refractivity contribution in [2.45, 2.75) is 24.9 Å². The van der Waals surface area contributed by atoms with Gasteiger partial charge in [0.15, 0.2) is 22.8 Å². The number of nitrogens with zero attached hydrogens (tertiary/aromatic N) is 1. The molecule has 0 radical (unpaired) electrons. The lowest BCUT2D eigenvalue weighted by Gasteiger charge is -2.46. The maximum Gasteiger partial charge on any atom is 0.255 e. The molecule has 1 aromatic rings. The third-order valence-electron chi connectivity index (χ3n) is 6.09. The molecule has 1 unspecified atom stereocenters. The molecule has 30 heavy (non-hydrogen) atoms. The smallest absolute Gasteiger partial charge is 0.255 e. The third-order valence-corrected chi connectivity index (χ3v) is 6.09. The zero-order valence-electron chi connectivity index (χ0n) is 15.2. The highest BCUT2D eigenvalue weighted by Gasteiger charge is 2.60. The van der Waals surface area contributed by atoms with Gasteiger partial charge in [0.1, 0.15) is 22.9 Å². The Kier molecular flexibility index (Phi) is 4.07. The first-order chi connectivity index (χ1) is 14.0. The van der Waals surface area contributed by atoms with Gasteiger partial charge in [-0.05, 0) is 23.9 Å². The van der Waals surface area contributed by atoms with Gasteiger partial charge in [0.05, 0.1) is 5.56 Å². The van der Waals surface area contributed by atoms with Crippen molar-refractivity contribution in [3.05, 3.63) is 44.8 Å². The molecule has 0 saturated heterocycles. The molecule has 1 saturated carbocycles. The summed E-state index contributed by atoms with van der Waals surface area (Å²) in [4.78, 5) is 47.8. The van der Waals surface area contributed by atoms with Crippen molar-refractivity contribution in [1.82, 2.24) is 0 Å². The molecule has 0 bridgehead atoms. The molecular formula is C19H15FN2O8. The standard InChI is InChI=1S/C19H15FN2O8/c20-8-4-9(22-30)14(24)12-7(8)2-5-1-6-3-10(23)13(18(21)28)17(27)19(6,29)16(26)11(5)15(12)25/h4-6,24-25,27,29H,1-3H2,(H2,21,28)/t5?,6-,19-/m0/s1. The van der Waals surface area contributed by atoms with Crippen LogP contribution in [0.4, 0.5) is 10.1 Å². The zero-order chi connectivity index (χ0) is 22.1. The molecule has 1 amide bonds. The van der Waals surface area contributed by atoms with Crippen LogP contribution in [0, 0.1) is 22.6 Å². The van der Waals surface area contributed by atoms with Crippen molar-refractivity contribution in [2.24, 2.45) is 22.7 Å². The average Bonchev–Trinajstić information content (AvgIpc) is 2.67. The van der Waals surface area contributed by atoms with Crippen molar-refractivity contribution in [3.63, 3.8) is 0 Å². The van der Waals surface area contributed by atoms with Crippen LogP contribution in [0.25, 0.3) is 5.76 Å². The van der Waals surface area contributed by atoms with Gasteiger partial charge < -0.3 is 26.2 Å². The van der Waals surface area contributed by atoms with Crippen LogP contribution in [0.5, 0.6) is 5.75 Å². The van der Waals surface area contributed by atoms with Gasteiger partial charge in [0, 0.05) is 29.5 Å². The number of benzene rings is 1. The summed E-state index contributed by atoms with van der Waals surface area (Å²) in [7, 11) is 0. The first kappa shape index (κ1) is 19.7. The number of rotatable bonds is 2. The van der Waals surface area contributed by atoms with Crippen molar-refractivity contribution >= 4 is 28.9 Å². The summed E-state index contributed by atoms with van der Waals surface area (Å²) in [6, 6.07) is 0.693. The molecule has 3 aliphatic rings. The van der Waals surface area contributed by atoms with Crippen LogP contribution in [0.15, 0.2) is 28.1 Å². The van der Waals surface area contributed by atoms with Crippen LogP contribution in [0.2, 0.25) is 0 Å². The summed E-state index contributed by atoms with van der Waals surface area (Å²) in [6.07, 6.45) is -0.770. The number of hydrogen-bond donors (Lipinski definition) is 5. The highest BCUT2D eigenvalue weighted by molar-refractivity contribution is 6.22. The molecule has 0 aliphatic heterocycles. The Bertz CT molecular complexity index is 1140. The number of halogens is 1. The van der Waals surface area contributed by atoms with E-state index in [1.165, 1.54) is 0 Å². The summed E-state index contributed by atoms with van der Waals surface area (Å²) in [5.74, 6) is -9.24. The summed E-state index contributed by atoms with van der Waals surface area (Å²) in [5.41, 5.74) is -0.322. The fourth-order valence-electron chi connectivity index (χ4n) is 4.70. The minimum atomic E-state index is -2.70. The number of fused-ring (bicyclic) bond motifs is 3. The second kappa shape index (κ2) is 6.20. The van der Waals surface area contributed by atoms with Crippen LogP contribution in [0.1, 0.15) is 24.0 Å². The lowest BCUT2D eigenvalue weighted by molar-refractivity contribution is -0.147. The first-order valence-electron chi connectivity index (χ1n) is 8.89. The summed E-state index contributed by atoms with van der Waals surface area (Å²) >= 11 is 0. The van der Waals surface area contributed by atoms with Crippen LogP contribution >= 0.6 is 0 Å². The number of nitrogens with two attached hydrogens (primary N) is 1. The molecule has 3 aliphatic carbocycles. The second-order valence-corrected chi connectivity index (χ2v) is 7.58. The van der Waals surface area contributed by atoms with Gasteiger partial charge in [-0.25, -0.2) is 4.39 Å². The molecule has 10 nitrogen and oxygen atoms in total. The molecule has 0 aromatic heterocycles. The number of phenolic OH excluding ortho intramolecular Hbond substituents is 1. The molecule has 1 fully saturated rings. The number of hydrogen-bond acceptors (Lipinski definition) is 9. The molecule has 6 N–H and O–H groups in total. The number of amides is 1. The van der Waals surface area contributed by atoms with Gasteiger partial charge >= 0.3 is 0 Å². The van der Waals surface area contributed by atoms with E-state index in [9.17, 15) is 44.1 Å². The first-order valence-corrected chi connectivity index (χ1v) is 8.89. The van der Waals surface area contributed by atoms with E-state index in [1.807, 2.05) is 0 Å². The van der Waals surface area contributed by atoms with Gasteiger partial charge in [-0.15, -0.1) is 4.91 Å². The van der Waals surface area contributed by atoms with E-state index >= 15 is 0 Å². The molecule has 11 heteroatoms. The maximum atomic E-state index is 14.5. The highest BCUT2D eigenvalue weighted by Crippen LogP contribution is 2.53. The van der Waals surface area contributed by atoms with Gasteiger partial charge in [-0.2, -0.15) is 0 Å². The minimum absolute atomic E-state index is 0.114.